The second kappa shape index (κ2) is 8.07. The van der Waals surface area contributed by atoms with E-state index in [-0.39, 0.29) is 18.0 Å². The van der Waals surface area contributed by atoms with Crippen molar-refractivity contribution in [3.8, 4) is 0 Å². The Labute approximate surface area is 117 Å². The van der Waals surface area contributed by atoms with E-state index in [1.54, 1.807) is 6.26 Å². The minimum Gasteiger partial charge on any atom is -0.348 e. The molecule has 0 fully saturated rings. The SMILES string of the molecule is CC(N)CCC(=O)NC(CS(C)=O)c1ccccc1. The molecule has 106 valence electrons. The predicted molar refractivity (Wildman–Crippen MR) is 79.1 cm³/mol. The van der Waals surface area contributed by atoms with Gasteiger partial charge in [0.05, 0.1) is 6.04 Å². The highest BCUT2D eigenvalue weighted by Gasteiger charge is 2.16. The lowest BCUT2D eigenvalue weighted by molar-refractivity contribution is -0.121. The van der Waals surface area contributed by atoms with Crippen molar-refractivity contribution in [3.05, 3.63) is 35.9 Å². The summed E-state index contributed by atoms with van der Waals surface area (Å²) in [5.41, 5.74) is 6.61. The molecule has 0 spiro atoms. The van der Waals surface area contributed by atoms with E-state index in [4.69, 9.17) is 5.73 Å². The molecule has 1 amide bonds. The maximum absolute atomic E-state index is 11.8. The summed E-state index contributed by atoms with van der Waals surface area (Å²) in [6.45, 7) is 1.88. The largest absolute Gasteiger partial charge is 0.348 e. The third kappa shape index (κ3) is 6.50. The fourth-order valence-electron chi connectivity index (χ4n) is 1.77. The topological polar surface area (TPSA) is 72.2 Å². The number of carbonyl (C=O) groups is 1. The molecule has 0 aliphatic heterocycles. The first-order valence-electron chi connectivity index (χ1n) is 6.39. The second-order valence-corrected chi connectivity index (χ2v) is 6.27. The number of nitrogens with one attached hydrogen (secondary N) is 1. The van der Waals surface area contributed by atoms with Crippen molar-refractivity contribution >= 4 is 16.7 Å². The molecule has 0 aromatic heterocycles. The van der Waals surface area contributed by atoms with Crippen LogP contribution in [0.3, 0.4) is 0 Å². The Bertz CT molecular complexity index is 421. The molecule has 0 bridgehead atoms. The smallest absolute Gasteiger partial charge is 0.220 e. The van der Waals surface area contributed by atoms with E-state index < -0.39 is 10.8 Å². The van der Waals surface area contributed by atoms with Crippen LogP contribution in [0.15, 0.2) is 30.3 Å². The quantitative estimate of drug-likeness (QED) is 0.793. The van der Waals surface area contributed by atoms with Gasteiger partial charge in [0.25, 0.3) is 0 Å². The number of carbonyl (C=O) groups excluding carboxylic acids is 1. The van der Waals surface area contributed by atoms with Crippen molar-refractivity contribution in [2.45, 2.75) is 31.8 Å². The Balaban J connectivity index is 2.65. The molecule has 3 atom stereocenters. The van der Waals surface area contributed by atoms with Gasteiger partial charge in [-0.05, 0) is 18.9 Å². The monoisotopic (exact) mass is 282 g/mol. The van der Waals surface area contributed by atoms with Gasteiger partial charge in [0.1, 0.15) is 0 Å². The highest BCUT2D eigenvalue weighted by molar-refractivity contribution is 7.84. The van der Waals surface area contributed by atoms with Crippen LogP contribution in [0.2, 0.25) is 0 Å². The van der Waals surface area contributed by atoms with Gasteiger partial charge in [-0.15, -0.1) is 0 Å². The molecule has 0 radical (unpaired) electrons. The molecule has 5 heteroatoms. The summed E-state index contributed by atoms with van der Waals surface area (Å²) in [5, 5.41) is 2.93. The lowest BCUT2D eigenvalue weighted by Crippen LogP contribution is -2.32. The van der Waals surface area contributed by atoms with Gasteiger partial charge in [-0.25, -0.2) is 0 Å². The highest BCUT2D eigenvalue weighted by atomic mass is 32.2. The number of benzene rings is 1. The van der Waals surface area contributed by atoms with Crippen LogP contribution in [0, 0.1) is 0 Å². The summed E-state index contributed by atoms with van der Waals surface area (Å²) in [4.78, 5) is 11.8. The van der Waals surface area contributed by atoms with Gasteiger partial charge in [0.2, 0.25) is 5.91 Å². The molecular formula is C14H22N2O2S. The minimum absolute atomic E-state index is 0.0150. The van der Waals surface area contributed by atoms with Gasteiger partial charge >= 0.3 is 0 Å². The summed E-state index contributed by atoms with van der Waals surface area (Å²) in [6.07, 6.45) is 2.70. The molecule has 1 aromatic rings. The summed E-state index contributed by atoms with van der Waals surface area (Å²) < 4.78 is 11.4. The van der Waals surface area contributed by atoms with E-state index >= 15 is 0 Å². The van der Waals surface area contributed by atoms with Crippen molar-refractivity contribution in [1.82, 2.24) is 5.32 Å². The average Bonchev–Trinajstić information content (AvgIpc) is 2.36. The molecule has 3 unspecified atom stereocenters. The molecule has 3 N–H and O–H groups in total. The van der Waals surface area contributed by atoms with Crippen LogP contribution in [0.1, 0.15) is 31.4 Å². The van der Waals surface area contributed by atoms with Crippen molar-refractivity contribution in [2.75, 3.05) is 12.0 Å². The molecule has 0 heterocycles. The van der Waals surface area contributed by atoms with Crippen molar-refractivity contribution in [2.24, 2.45) is 5.73 Å². The van der Waals surface area contributed by atoms with Crippen molar-refractivity contribution < 1.29 is 9.00 Å². The molecule has 4 nitrogen and oxygen atoms in total. The summed E-state index contributed by atoms with van der Waals surface area (Å²) in [5.74, 6) is 0.380. The van der Waals surface area contributed by atoms with Crippen LogP contribution in [0.5, 0.6) is 0 Å². The fourth-order valence-corrected chi connectivity index (χ4v) is 2.51. The highest BCUT2D eigenvalue weighted by Crippen LogP contribution is 2.14. The molecule has 0 saturated carbocycles. The van der Waals surface area contributed by atoms with Gasteiger partial charge in [-0.2, -0.15) is 0 Å². The summed E-state index contributed by atoms with van der Waals surface area (Å²) in [6, 6.07) is 9.42. The minimum atomic E-state index is -0.965. The Morgan fingerprint density at radius 3 is 2.53 bits per heavy atom. The third-order valence-electron chi connectivity index (χ3n) is 2.77. The van der Waals surface area contributed by atoms with Crippen LogP contribution < -0.4 is 11.1 Å². The van der Waals surface area contributed by atoms with E-state index in [1.165, 1.54) is 0 Å². The first-order chi connectivity index (χ1) is 8.99. The zero-order valence-corrected chi connectivity index (χ0v) is 12.3. The summed E-state index contributed by atoms with van der Waals surface area (Å²) in [7, 11) is -0.965. The fraction of sp³-hybridized carbons (Fsp3) is 0.500. The third-order valence-corrected chi connectivity index (χ3v) is 3.57. The summed E-state index contributed by atoms with van der Waals surface area (Å²) >= 11 is 0. The van der Waals surface area contributed by atoms with Crippen LogP contribution >= 0.6 is 0 Å². The lowest BCUT2D eigenvalue weighted by atomic mass is 10.1. The number of hydrogen-bond donors (Lipinski definition) is 2. The van der Waals surface area contributed by atoms with Gasteiger partial charge in [-0.3, -0.25) is 9.00 Å². The van der Waals surface area contributed by atoms with Gasteiger partial charge < -0.3 is 11.1 Å². The molecule has 0 aliphatic carbocycles. The van der Waals surface area contributed by atoms with E-state index in [0.717, 1.165) is 5.56 Å². The van der Waals surface area contributed by atoms with Gasteiger partial charge in [0, 0.05) is 35.3 Å². The molecule has 0 saturated heterocycles. The van der Waals surface area contributed by atoms with E-state index in [0.29, 0.717) is 18.6 Å². The van der Waals surface area contributed by atoms with Crippen molar-refractivity contribution in [1.29, 1.82) is 0 Å². The predicted octanol–water partition coefficient (Wildman–Crippen LogP) is 1.35. The molecular weight excluding hydrogens is 260 g/mol. The standard InChI is InChI=1S/C14H22N2O2S/c1-11(15)8-9-14(17)16-13(10-19(2)18)12-6-4-3-5-7-12/h3-7,11,13H,8-10,15H2,1-2H3,(H,16,17). The zero-order chi connectivity index (χ0) is 14.3. The maximum Gasteiger partial charge on any atom is 0.220 e. The Hall–Kier alpha value is -1.20. The first kappa shape index (κ1) is 15.9. The van der Waals surface area contributed by atoms with Crippen LogP contribution in [0.4, 0.5) is 0 Å². The first-order valence-corrected chi connectivity index (χ1v) is 8.11. The molecule has 0 aliphatic rings. The van der Waals surface area contributed by atoms with E-state index in [1.807, 2.05) is 37.3 Å². The number of hydrogen-bond acceptors (Lipinski definition) is 3. The molecule has 1 rings (SSSR count). The Morgan fingerprint density at radius 1 is 1.37 bits per heavy atom. The second-order valence-electron chi connectivity index (χ2n) is 4.79. The Kier molecular flexibility index (Phi) is 6.73. The normalized spacial score (nSPS) is 15.5. The lowest BCUT2D eigenvalue weighted by Gasteiger charge is -2.18. The average molecular weight is 282 g/mol. The number of amides is 1. The van der Waals surface area contributed by atoms with Crippen LogP contribution in [0.25, 0.3) is 0 Å². The Morgan fingerprint density at radius 2 is 2.00 bits per heavy atom. The van der Waals surface area contributed by atoms with Crippen LogP contribution in [-0.2, 0) is 15.6 Å². The molecule has 19 heavy (non-hydrogen) atoms. The number of rotatable bonds is 7. The number of nitrogens with two attached hydrogens (primary N) is 1. The van der Waals surface area contributed by atoms with E-state index in [9.17, 15) is 9.00 Å². The van der Waals surface area contributed by atoms with Crippen molar-refractivity contribution in [3.63, 3.8) is 0 Å². The van der Waals surface area contributed by atoms with E-state index in [2.05, 4.69) is 5.32 Å². The molecule has 1 aromatic carbocycles. The van der Waals surface area contributed by atoms with Gasteiger partial charge in [0.15, 0.2) is 0 Å². The van der Waals surface area contributed by atoms with Gasteiger partial charge in [-0.1, -0.05) is 30.3 Å². The zero-order valence-electron chi connectivity index (χ0n) is 11.5. The van der Waals surface area contributed by atoms with Crippen LogP contribution in [-0.4, -0.2) is 28.2 Å². The maximum atomic E-state index is 11.8.